The van der Waals surface area contributed by atoms with Crippen molar-refractivity contribution < 1.29 is 4.79 Å². The quantitative estimate of drug-likeness (QED) is 0.561. The Morgan fingerprint density at radius 1 is 1.19 bits per heavy atom. The van der Waals surface area contributed by atoms with Gasteiger partial charge in [-0.2, -0.15) is 0 Å². The number of Topliss-reactive ketones (excluding diaryl/α,β-unsaturated/α-hetero) is 1. The molecule has 2 rings (SSSR count). The zero-order valence-corrected chi connectivity index (χ0v) is 10.9. The molecule has 2 aliphatic carbocycles. The summed E-state index contributed by atoms with van der Waals surface area (Å²) in [5, 5.41) is 0. The fraction of sp³-hybridized carbons (Fsp3) is 0.667. The molecule has 1 fully saturated rings. The third-order valence-corrected chi connectivity index (χ3v) is 4.22. The molecule has 0 radical (unpaired) electrons. The maximum Gasteiger partial charge on any atom is 0.163 e. The van der Waals surface area contributed by atoms with Crippen molar-refractivity contribution in [1.29, 1.82) is 0 Å². The van der Waals surface area contributed by atoms with Gasteiger partial charge in [-0.3, -0.25) is 4.79 Å². The van der Waals surface area contributed by atoms with Crippen LogP contribution in [0.15, 0.2) is 22.3 Å². The van der Waals surface area contributed by atoms with Gasteiger partial charge in [0.05, 0.1) is 0 Å². The van der Waals surface area contributed by atoms with E-state index in [1.165, 1.54) is 29.6 Å². The molecular formula is C15H22O. The number of fused-ring (bicyclic) bond motifs is 1. The molecule has 2 atom stereocenters. The van der Waals surface area contributed by atoms with E-state index in [4.69, 9.17) is 0 Å². The molecule has 0 amide bonds. The van der Waals surface area contributed by atoms with Crippen molar-refractivity contribution in [2.24, 2.45) is 11.8 Å². The van der Waals surface area contributed by atoms with Gasteiger partial charge in [0.2, 0.25) is 0 Å². The van der Waals surface area contributed by atoms with Gasteiger partial charge < -0.3 is 0 Å². The molecule has 0 aromatic rings. The van der Waals surface area contributed by atoms with Crippen molar-refractivity contribution in [3.05, 3.63) is 22.3 Å². The molecule has 0 N–H and O–H groups in total. The molecule has 0 saturated heterocycles. The number of carbonyl (C=O) groups excluding carboxylic acids is 1. The molecule has 16 heavy (non-hydrogen) atoms. The lowest BCUT2D eigenvalue weighted by Crippen LogP contribution is -2.11. The van der Waals surface area contributed by atoms with Crippen molar-refractivity contribution in [3.63, 3.8) is 0 Å². The van der Waals surface area contributed by atoms with E-state index >= 15 is 0 Å². The van der Waals surface area contributed by atoms with E-state index in [1.807, 2.05) is 0 Å². The van der Waals surface area contributed by atoms with E-state index in [0.29, 0.717) is 17.6 Å². The van der Waals surface area contributed by atoms with Gasteiger partial charge >= 0.3 is 0 Å². The van der Waals surface area contributed by atoms with Gasteiger partial charge in [-0.15, -0.1) is 0 Å². The summed E-state index contributed by atoms with van der Waals surface area (Å²) in [5.74, 6) is 1.70. The third-order valence-electron chi connectivity index (χ3n) is 4.22. The third kappa shape index (κ3) is 1.77. The second-order valence-corrected chi connectivity index (χ2v) is 5.65. The van der Waals surface area contributed by atoms with Gasteiger partial charge in [0, 0.05) is 12.0 Å². The van der Waals surface area contributed by atoms with Gasteiger partial charge in [-0.05, 0) is 57.4 Å². The number of allylic oxidation sites excluding steroid dienone is 4. The van der Waals surface area contributed by atoms with E-state index in [-0.39, 0.29) is 0 Å². The van der Waals surface area contributed by atoms with E-state index < -0.39 is 0 Å². The molecule has 0 aliphatic heterocycles. The fourth-order valence-electron chi connectivity index (χ4n) is 3.32. The summed E-state index contributed by atoms with van der Waals surface area (Å²) < 4.78 is 0. The number of rotatable bonds is 0. The Morgan fingerprint density at radius 3 is 2.50 bits per heavy atom. The predicted octanol–water partition coefficient (Wildman–Crippen LogP) is 4.05. The van der Waals surface area contributed by atoms with E-state index in [0.717, 1.165) is 18.4 Å². The minimum Gasteiger partial charge on any atom is -0.294 e. The second-order valence-electron chi connectivity index (χ2n) is 5.65. The van der Waals surface area contributed by atoms with Gasteiger partial charge in [-0.25, -0.2) is 0 Å². The second kappa shape index (κ2) is 4.20. The molecule has 1 saturated carbocycles. The summed E-state index contributed by atoms with van der Waals surface area (Å²) in [5.41, 5.74) is 5.16. The van der Waals surface area contributed by atoms with Crippen LogP contribution in [0.4, 0.5) is 0 Å². The number of carbonyl (C=O) groups is 1. The van der Waals surface area contributed by atoms with Gasteiger partial charge in [-0.1, -0.05) is 18.1 Å². The molecule has 1 heteroatoms. The first-order valence-electron chi connectivity index (χ1n) is 6.43. The van der Waals surface area contributed by atoms with Crippen LogP contribution in [0.2, 0.25) is 0 Å². The van der Waals surface area contributed by atoms with Crippen LogP contribution in [-0.4, -0.2) is 5.78 Å². The topological polar surface area (TPSA) is 17.1 Å². The van der Waals surface area contributed by atoms with E-state index in [1.54, 1.807) is 0 Å². The lowest BCUT2D eigenvalue weighted by molar-refractivity contribution is -0.115. The molecular weight excluding hydrogens is 196 g/mol. The SMILES string of the molecule is CC(C)=C1C(=O)CC[C@H](C)[C@H]2CCC(C)=C12. The maximum atomic E-state index is 12.2. The lowest BCUT2D eigenvalue weighted by Gasteiger charge is -2.20. The highest BCUT2D eigenvalue weighted by molar-refractivity contribution is 6.01. The number of hydrogen-bond donors (Lipinski definition) is 0. The van der Waals surface area contributed by atoms with Gasteiger partial charge in [0.25, 0.3) is 0 Å². The average molecular weight is 218 g/mol. The first-order chi connectivity index (χ1) is 7.52. The molecule has 88 valence electrons. The Hall–Kier alpha value is -0.850. The Bertz CT molecular complexity index is 380. The number of ketones is 1. The summed E-state index contributed by atoms with van der Waals surface area (Å²) in [6, 6.07) is 0. The Labute approximate surface area is 98.6 Å². The normalized spacial score (nSPS) is 30.5. The van der Waals surface area contributed by atoms with Crippen LogP contribution >= 0.6 is 0 Å². The smallest absolute Gasteiger partial charge is 0.163 e. The Balaban J connectivity index is 2.55. The van der Waals surface area contributed by atoms with Crippen LogP contribution in [-0.2, 0) is 4.79 Å². The van der Waals surface area contributed by atoms with Crippen LogP contribution < -0.4 is 0 Å². The molecule has 0 aromatic heterocycles. The molecule has 0 aromatic carbocycles. The van der Waals surface area contributed by atoms with Crippen molar-refractivity contribution in [3.8, 4) is 0 Å². The molecule has 0 spiro atoms. The average Bonchev–Trinajstić information content (AvgIpc) is 2.51. The van der Waals surface area contributed by atoms with E-state index in [9.17, 15) is 4.79 Å². The minimum atomic E-state index is 0.380. The van der Waals surface area contributed by atoms with Gasteiger partial charge in [0.1, 0.15) is 0 Å². The molecule has 0 bridgehead atoms. The van der Waals surface area contributed by atoms with Crippen LogP contribution in [0.5, 0.6) is 0 Å². The van der Waals surface area contributed by atoms with Crippen LogP contribution in [0, 0.1) is 11.8 Å². The summed E-state index contributed by atoms with van der Waals surface area (Å²) in [4.78, 5) is 12.2. The van der Waals surface area contributed by atoms with Crippen molar-refractivity contribution in [2.45, 2.75) is 53.4 Å². The molecule has 0 heterocycles. The summed E-state index contributed by atoms with van der Waals surface area (Å²) >= 11 is 0. The van der Waals surface area contributed by atoms with E-state index in [2.05, 4.69) is 27.7 Å². The highest BCUT2D eigenvalue weighted by atomic mass is 16.1. The van der Waals surface area contributed by atoms with Crippen LogP contribution in [0.1, 0.15) is 53.4 Å². The highest BCUT2D eigenvalue weighted by Crippen LogP contribution is 2.45. The first kappa shape index (κ1) is 11.6. The monoisotopic (exact) mass is 218 g/mol. The fourth-order valence-corrected chi connectivity index (χ4v) is 3.32. The lowest BCUT2D eigenvalue weighted by atomic mass is 9.84. The molecule has 0 unspecified atom stereocenters. The molecule has 2 aliphatic rings. The summed E-state index contributed by atoms with van der Waals surface area (Å²) in [7, 11) is 0. The number of hydrogen-bond acceptors (Lipinski definition) is 1. The Kier molecular flexibility index (Phi) is 3.05. The van der Waals surface area contributed by atoms with Crippen molar-refractivity contribution >= 4 is 5.78 Å². The molecule has 1 nitrogen and oxygen atoms in total. The maximum absolute atomic E-state index is 12.2. The summed E-state index contributed by atoms with van der Waals surface area (Å²) in [6.07, 6.45) is 4.26. The van der Waals surface area contributed by atoms with Crippen molar-refractivity contribution in [1.82, 2.24) is 0 Å². The van der Waals surface area contributed by atoms with Crippen LogP contribution in [0.3, 0.4) is 0 Å². The van der Waals surface area contributed by atoms with Crippen LogP contribution in [0.25, 0.3) is 0 Å². The Morgan fingerprint density at radius 2 is 1.88 bits per heavy atom. The minimum absolute atomic E-state index is 0.380. The van der Waals surface area contributed by atoms with Gasteiger partial charge in [0.15, 0.2) is 5.78 Å². The van der Waals surface area contributed by atoms with Crippen molar-refractivity contribution in [2.75, 3.05) is 0 Å². The zero-order valence-electron chi connectivity index (χ0n) is 10.9. The standard InChI is InChI=1S/C15H22O/c1-9(2)14-13(16)8-6-10(3)12-7-5-11(4)15(12)14/h10,12H,5-8H2,1-4H3/t10-,12+/m0/s1. The largest absolute Gasteiger partial charge is 0.294 e. The predicted molar refractivity (Wildman–Crippen MR) is 67.2 cm³/mol. The zero-order chi connectivity index (χ0) is 11.9. The summed E-state index contributed by atoms with van der Waals surface area (Å²) in [6.45, 7) is 8.69. The first-order valence-corrected chi connectivity index (χ1v) is 6.43. The highest BCUT2D eigenvalue weighted by Gasteiger charge is 2.35.